The molecule has 3 rings (SSSR count). The van der Waals surface area contributed by atoms with Crippen LogP contribution < -0.4 is 20.7 Å². The first kappa shape index (κ1) is 26.5. The number of ether oxygens (including phenoxy) is 2. The van der Waals surface area contributed by atoms with Crippen molar-refractivity contribution >= 4 is 23.6 Å². The second-order valence-electron chi connectivity index (χ2n) is 9.49. The predicted octanol–water partition coefficient (Wildman–Crippen LogP) is 0.850. The molecule has 0 bridgehead atoms. The van der Waals surface area contributed by atoms with Crippen LogP contribution in [0.25, 0.3) is 0 Å². The Hall–Kier alpha value is -3.14. The van der Waals surface area contributed by atoms with E-state index in [0.29, 0.717) is 18.8 Å². The van der Waals surface area contributed by atoms with Gasteiger partial charge in [-0.1, -0.05) is 26.0 Å². The highest BCUT2D eigenvalue weighted by molar-refractivity contribution is 6.00. The Bertz CT molecular complexity index is 926. The van der Waals surface area contributed by atoms with E-state index < -0.39 is 18.0 Å². The summed E-state index contributed by atoms with van der Waals surface area (Å²) in [7, 11) is 0. The summed E-state index contributed by atoms with van der Waals surface area (Å²) < 4.78 is 11.5. The van der Waals surface area contributed by atoms with E-state index in [1.165, 1.54) is 0 Å². The average molecular weight is 489 g/mol. The first-order valence-corrected chi connectivity index (χ1v) is 12.2. The van der Waals surface area contributed by atoms with Crippen LogP contribution >= 0.6 is 0 Å². The lowest BCUT2D eigenvalue weighted by atomic mass is 10.0. The second-order valence-corrected chi connectivity index (χ2v) is 9.49. The van der Waals surface area contributed by atoms with Crippen LogP contribution in [0.4, 0.5) is 0 Å². The summed E-state index contributed by atoms with van der Waals surface area (Å²) in [4.78, 5) is 53.7. The van der Waals surface area contributed by atoms with Crippen LogP contribution in [0.5, 0.6) is 5.75 Å². The standard InChI is InChI=1S/C25H36N4O6/c1-15(2)22-24(32)26-11-12-34-20-8-6-5-7-18(20)23(31)27-19(9-10-21(30)28-22)25(33)29-13-16(3)35-17(4)14-29/h5-8,15-17,19,22H,9-14H2,1-4H3,(H,26,32)(H,27,31)(H,28,30)/t16-,17+,19-,22+/m0/s1. The van der Waals surface area contributed by atoms with Gasteiger partial charge in [0, 0.05) is 19.5 Å². The third-order valence-corrected chi connectivity index (χ3v) is 6.05. The van der Waals surface area contributed by atoms with Gasteiger partial charge in [-0.25, -0.2) is 0 Å². The maximum atomic E-state index is 13.5. The molecule has 0 aliphatic carbocycles. The van der Waals surface area contributed by atoms with Crippen molar-refractivity contribution in [2.45, 2.75) is 64.8 Å². The van der Waals surface area contributed by atoms with Crippen molar-refractivity contribution < 1.29 is 28.7 Å². The number of fused-ring (bicyclic) bond motifs is 1. The number of hydrogen-bond donors (Lipinski definition) is 3. The van der Waals surface area contributed by atoms with Gasteiger partial charge in [0.05, 0.1) is 24.3 Å². The van der Waals surface area contributed by atoms with Gasteiger partial charge < -0.3 is 30.3 Å². The molecule has 10 nitrogen and oxygen atoms in total. The highest BCUT2D eigenvalue weighted by Crippen LogP contribution is 2.19. The van der Waals surface area contributed by atoms with Gasteiger partial charge >= 0.3 is 0 Å². The number of para-hydroxylation sites is 1. The summed E-state index contributed by atoms with van der Waals surface area (Å²) >= 11 is 0. The molecule has 192 valence electrons. The van der Waals surface area contributed by atoms with Gasteiger partial charge in [0.15, 0.2) is 0 Å². The average Bonchev–Trinajstić information content (AvgIpc) is 2.81. The van der Waals surface area contributed by atoms with E-state index in [-0.39, 0.29) is 67.4 Å². The molecule has 0 saturated carbocycles. The fourth-order valence-corrected chi connectivity index (χ4v) is 4.35. The number of morpholine rings is 1. The lowest BCUT2D eigenvalue weighted by Gasteiger charge is -2.37. The number of hydrogen-bond acceptors (Lipinski definition) is 6. The maximum Gasteiger partial charge on any atom is 0.255 e. The molecular formula is C25H36N4O6. The quantitative estimate of drug-likeness (QED) is 0.567. The Morgan fingerprint density at radius 2 is 1.74 bits per heavy atom. The summed E-state index contributed by atoms with van der Waals surface area (Å²) in [5.41, 5.74) is 0.278. The molecule has 0 aromatic heterocycles. The molecule has 1 saturated heterocycles. The first-order valence-electron chi connectivity index (χ1n) is 12.2. The molecule has 4 atom stereocenters. The molecule has 35 heavy (non-hydrogen) atoms. The van der Waals surface area contributed by atoms with Gasteiger partial charge in [-0.05, 0) is 38.3 Å². The van der Waals surface area contributed by atoms with Crippen molar-refractivity contribution in [1.29, 1.82) is 0 Å². The number of amides is 4. The highest BCUT2D eigenvalue weighted by Gasteiger charge is 2.33. The Morgan fingerprint density at radius 1 is 1.06 bits per heavy atom. The molecule has 3 N–H and O–H groups in total. The Kier molecular flexibility index (Phi) is 9.08. The number of nitrogens with one attached hydrogen (secondary N) is 3. The maximum absolute atomic E-state index is 13.5. The smallest absolute Gasteiger partial charge is 0.255 e. The minimum absolute atomic E-state index is 0.0270. The zero-order valence-corrected chi connectivity index (χ0v) is 20.8. The van der Waals surface area contributed by atoms with Crippen molar-refractivity contribution in [1.82, 2.24) is 20.9 Å². The van der Waals surface area contributed by atoms with Gasteiger partial charge in [-0.3, -0.25) is 19.2 Å². The van der Waals surface area contributed by atoms with Crippen molar-refractivity contribution in [2.75, 3.05) is 26.2 Å². The van der Waals surface area contributed by atoms with Crippen LogP contribution in [0.3, 0.4) is 0 Å². The van der Waals surface area contributed by atoms with E-state index in [0.717, 1.165) is 0 Å². The molecule has 0 spiro atoms. The summed E-state index contributed by atoms with van der Waals surface area (Å²) in [6, 6.07) is 5.10. The fraction of sp³-hybridized carbons (Fsp3) is 0.600. The molecule has 1 aromatic rings. The van der Waals surface area contributed by atoms with Crippen LogP contribution in [-0.4, -0.2) is 79.1 Å². The second kappa shape index (κ2) is 12.0. The van der Waals surface area contributed by atoms with Crippen molar-refractivity contribution in [2.24, 2.45) is 5.92 Å². The minimum Gasteiger partial charge on any atom is -0.491 e. The SMILES string of the molecule is CC(C)[C@H]1NC(=O)CC[C@@H](C(=O)N2C[C@@H](C)O[C@@H](C)C2)NC(=O)c2ccccc2OCCNC1=O. The van der Waals surface area contributed by atoms with Crippen molar-refractivity contribution in [3.05, 3.63) is 29.8 Å². The Morgan fingerprint density at radius 3 is 2.43 bits per heavy atom. The molecule has 0 radical (unpaired) electrons. The van der Waals surface area contributed by atoms with Gasteiger partial charge in [-0.15, -0.1) is 0 Å². The zero-order valence-electron chi connectivity index (χ0n) is 20.8. The third kappa shape index (κ3) is 7.17. The van der Waals surface area contributed by atoms with Crippen LogP contribution in [0.2, 0.25) is 0 Å². The molecule has 1 aromatic carbocycles. The topological polar surface area (TPSA) is 126 Å². The monoisotopic (exact) mass is 488 g/mol. The Labute approximate surface area is 206 Å². The van der Waals surface area contributed by atoms with E-state index >= 15 is 0 Å². The molecule has 2 aliphatic heterocycles. The summed E-state index contributed by atoms with van der Waals surface area (Å²) in [5, 5.41) is 8.36. The lowest BCUT2D eigenvalue weighted by molar-refractivity contribution is -0.145. The minimum atomic E-state index is -0.921. The molecule has 1 fully saturated rings. The molecular weight excluding hydrogens is 452 g/mol. The number of benzene rings is 1. The normalized spacial score (nSPS) is 26.9. The molecule has 0 unspecified atom stereocenters. The largest absolute Gasteiger partial charge is 0.491 e. The Balaban J connectivity index is 1.87. The number of carbonyl (C=O) groups excluding carboxylic acids is 4. The summed E-state index contributed by atoms with van der Waals surface area (Å²) in [6.45, 7) is 8.63. The molecule has 2 heterocycles. The van der Waals surface area contributed by atoms with E-state index in [1.54, 1.807) is 29.2 Å². The van der Waals surface area contributed by atoms with Crippen molar-refractivity contribution in [3.63, 3.8) is 0 Å². The van der Waals surface area contributed by atoms with Crippen molar-refractivity contribution in [3.8, 4) is 5.75 Å². The van der Waals surface area contributed by atoms with E-state index in [4.69, 9.17) is 9.47 Å². The van der Waals surface area contributed by atoms with Gasteiger partial charge in [0.2, 0.25) is 17.7 Å². The van der Waals surface area contributed by atoms with E-state index in [2.05, 4.69) is 16.0 Å². The summed E-state index contributed by atoms with van der Waals surface area (Å²) in [5.74, 6) is -1.19. The molecule has 4 amide bonds. The number of rotatable bonds is 2. The number of carbonyl (C=O) groups is 4. The van der Waals surface area contributed by atoms with Crippen LogP contribution in [-0.2, 0) is 19.1 Å². The molecule has 10 heteroatoms. The van der Waals surface area contributed by atoms with E-state index in [1.807, 2.05) is 27.7 Å². The highest BCUT2D eigenvalue weighted by atomic mass is 16.5. The molecule has 2 aliphatic rings. The summed E-state index contributed by atoms with van der Waals surface area (Å²) in [6.07, 6.45) is -0.209. The van der Waals surface area contributed by atoms with Crippen LogP contribution in [0.1, 0.15) is 50.9 Å². The predicted molar refractivity (Wildman–Crippen MR) is 129 cm³/mol. The number of nitrogens with zero attached hydrogens (tertiary/aromatic N) is 1. The van der Waals surface area contributed by atoms with Gasteiger partial charge in [-0.2, -0.15) is 0 Å². The lowest BCUT2D eigenvalue weighted by Crippen LogP contribution is -2.55. The van der Waals surface area contributed by atoms with Crippen LogP contribution in [0, 0.1) is 5.92 Å². The first-order chi connectivity index (χ1) is 16.7. The third-order valence-electron chi connectivity index (χ3n) is 6.05. The van der Waals surface area contributed by atoms with Gasteiger partial charge in [0.1, 0.15) is 24.4 Å². The zero-order chi connectivity index (χ0) is 25.5. The fourth-order valence-electron chi connectivity index (χ4n) is 4.35. The van der Waals surface area contributed by atoms with Gasteiger partial charge in [0.25, 0.3) is 5.91 Å². The van der Waals surface area contributed by atoms with E-state index in [9.17, 15) is 19.2 Å². The van der Waals surface area contributed by atoms with Crippen LogP contribution in [0.15, 0.2) is 24.3 Å².